The molecule has 0 spiro atoms. The van der Waals surface area contributed by atoms with Gasteiger partial charge in [-0.25, -0.2) is 23.6 Å². The first-order valence-corrected chi connectivity index (χ1v) is 42.0. The monoisotopic (exact) mass is 1710 g/mol. The molecule has 1 saturated carbocycles. The van der Waals surface area contributed by atoms with Crippen molar-refractivity contribution in [2.75, 3.05) is 92.8 Å². The first-order valence-electron chi connectivity index (χ1n) is 40.9. The third-order valence-electron chi connectivity index (χ3n) is 22.0. The minimum absolute atomic E-state index is 0.00336. The number of ether oxygens (including phenoxy) is 5. The average Bonchev–Trinajstić information content (AvgIpc) is 1.61. The topological polar surface area (TPSA) is 467 Å². The number of amides is 15. The smallest absolute Gasteiger partial charge is 0.407 e. The molecule has 38 heteroatoms. The molecule has 1 aliphatic carbocycles. The largest absolute Gasteiger partial charge is 0.494 e. The van der Waals surface area contributed by atoms with Crippen LogP contribution < -0.4 is 53.0 Å². The minimum atomic E-state index is -1.17. The number of anilines is 1. The molecule has 3 unspecified atom stereocenters. The van der Waals surface area contributed by atoms with Crippen molar-refractivity contribution < 1.29 is 110 Å². The Balaban J connectivity index is 0.991. The van der Waals surface area contributed by atoms with Crippen molar-refractivity contribution in [2.45, 2.75) is 225 Å². The number of Topliss-reactive ketones (excluding diaryl/α,β-unsaturated/α-hetero) is 1. The van der Waals surface area contributed by atoms with Crippen LogP contribution in [0.25, 0.3) is 0 Å². The van der Waals surface area contributed by atoms with Gasteiger partial charge >= 0.3 is 24.2 Å². The molecule has 4 fully saturated rings. The van der Waals surface area contributed by atoms with Crippen molar-refractivity contribution in [2.24, 2.45) is 40.7 Å². The zero-order valence-corrected chi connectivity index (χ0v) is 72.4. The lowest BCUT2D eigenvalue weighted by Crippen LogP contribution is -2.59. The van der Waals surface area contributed by atoms with Crippen LogP contribution in [-0.4, -0.2) is 267 Å². The highest BCUT2D eigenvalue weighted by atomic mass is 32.2. The molecule has 2 aromatic rings. The molecular weight excluding hydrogens is 1580 g/mol. The summed E-state index contributed by atoms with van der Waals surface area (Å²) in [6.45, 7) is 15.3. The maximum absolute atomic E-state index is 15.0. The Bertz CT molecular complexity index is 3920. The summed E-state index contributed by atoms with van der Waals surface area (Å²) in [4.78, 5) is 223. The molecular formula is C82H123FN14O22S. The molecule has 36 nitrogen and oxygen atoms in total. The van der Waals surface area contributed by atoms with Gasteiger partial charge in [-0.3, -0.25) is 67.3 Å². The second-order valence-electron chi connectivity index (χ2n) is 32.4. The zero-order valence-electron chi connectivity index (χ0n) is 71.5. The van der Waals surface area contributed by atoms with Crippen LogP contribution in [0.5, 0.6) is 5.75 Å². The number of rotatable bonds is 49. The predicted octanol–water partition coefficient (Wildman–Crippen LogP) is 4.62. The molecule has 6 rings (SSSR count). The van der Waals surface area contributed by atoms with E-state index >= 15 is 4.79 Å². The first kappa shape index (κ1) is 98.7. The van der Waals surface area contributed by atoms with Crippen LogP contribution in [0.4, 0.5) is 24.5 Å². The summed E-state index contributed by atoms with van der Waals surface area (Å²) >= 11 is 1.29. The lowest BCUT2D eigenvalue weighted by atomic mass is 9.89. The van der Waals surface area contributed by atoms with Crippen LogP contribution in [0.1, 0.15) is 175 Å². The highest BCUT2D eigenvalue weighted by Crippen LogP contribution is 2.52. The van der Waals surface area contributed by atoms with E-state index in [9.17, 15) is 76.3 Å². The van der Waals surface area contributed by atoms with Crippen molar-refractivity contribution in [1.82, 2.24) is 61.9 Å². The Morgan fingerprint density at radius 1 is 0.708 bits per heavy atom. The predicted molar refractivity (Wildman–Crippen MR) is 437 cm³/mol. The van der Waals surface area contributed by atoms with Gasteiger partial charge in [0.1, 0.15) is 30.8 Å². The van der Waals surface area contributed by atoms with Gasteiger partial charge in [0.2, 0.25) is 53.2 Å². The number of imide groups is 2. The van der Waals surface area contributed by atoms with Gasteiger partial charge in [-0.2, -0.15) is 0 Å². The standard InChI is InChI=1S/C82H123FN14O22S/c1-16-49(8)71(94(12)78(110)69(47(4)5)92-76(108)70(48(6)7)93(10)11)60(115-14)39-65(102)96-43-54(38-57(96)72(116-15)50(9)73(105)88-42-58(98)52-25-28-59(114-13)55(83)37-52)118-81(113)87-35-34-86-80(112)117-44-51-23-26-53(27-24-51)89-74(106)56(21-20-33-85-79(84)111)90-75(107)68(46(2)3)91-62(99)22-18-17-19-36-95-66(103)40-61(77(95)109)120-45-82(31-32-82)41-67(104)119-97-63(100)29-30-64(97)101/h23-28,37,46-50,54,56-57,60-61,68-72H,16-22,29-36,38-45H2,1-15H3,(H,86,112)(H,87,113)(H,88,105)(H,89,106)(H,90,107)(H,91,99)(H,92,108)(H3,84,85,111)/t49-,50+,54-,56?,57-,60+,61?,68-,69-,70-,71?,72+/m0/s1. The number of carbonyl (C=O) groups is 16. The number of alkyl carbamates (subject to hydrolysis) is 2. The van der Waals surface area contributed by atoms with E-state index < -0.39 is 167 Å². The summed E-state index contributed by atoms with van der Waals surface area (Å²) in [5.74, 6) is -9.32. The molecule has 15 amide bonds. The number of likely N-dealkylation sites (N-methyl/N-ethyl adjacent to an activating group) is 2. The summed E-state index contributed by atoms with van der Waals surface area (Å²) in [6, 6.07) is 3.71. The van der Waals surface area contributed by atoms with Gasteiger partial charge in [0.25, 0.3) is 11.8 Å². The van der Waals surface area contributed by atoms with E-state index in [-0.39, 0.29) is 144 Å². The van der Waals surface area contributed by atoms with Gasteiger partial charge in [0, 0.05) is 96.6 Å². The molecule has 0 radical (unpaired) electrons. The molecule has 4 aliphatic rings. The highest BCUT2D eigenvalue weighted by molar-refractivity contribution is 8.00. The SMILES string of the molecule is CC[C@H](C)C([C@@H](CC(=O)N1C[C@@H](OC(=O)NCCNC(=O)OCc2ccc(NC(=O)C(CCCNC(N)=O)NC(=O)[C@@H](NC(=O)CCCCCN3C(=O)CC(SCC4(CC(=O)ON5C(=O)CCC5=O)CC4)C3=O)C(C)C)cc2)C[C@H]1[C@H](OC)[C@@H](C)C(=O)NCC(=O)c1ccc(OC)c(F)c1)OC)N(C)C(=O)[C@@H](NC(=O)[C@H](C(C)C)N(C)C)C(C)C. The Kier molecular flexibility index (Phi) is 38.8. The number of primary amides is 1. The van der Waals surface area contributed by atoms with Crippen LogP contribution in [0, 0.1) is 40.8 Å². The second-order valence-corrected chi connectivity index (χ2v) is 33.6. The number of methoxy groups -OCH3 is 3. The number of likely N-dealkylation sites (tertiary alicyclic amines) is 2. The molecule has 3 saturated heterocycles. The maximum Gasteiger partial charge on any atom is 0.407 e. The fourth-order valence-electron chi connectivity index (χ4n) is 14.9. The van der Waals surface area contributed by atoms with Crippen molar-refractivity contribution >= 4 is 112 Å². The Hall–Kier alpha value is -10.1. The lowest BCUT2D eigenvalue weighted by Gasteiger charge is -2.41. The van der Waals surface area contributed by atoms with Crippen LogP contribution >= 0.6 is 11.8 Å². The number of hydroxylamine groups is 2. The number of ketones is 1. The number of thioether (sulfide) groups is 1. The molecule has 12 atom stereocenters. The number of carbonyl (C=O) groups excluding carboxylic acids is 16. The van der Waals surface area contributed by atoms with Gasteiger partial charge in [0.05, 0.1) is 74.5 Å². The molecule has 120 heavy (non-hydrogen) atoms. The van der Waals surface area contributed by atoms with Crippen molar-refractivity contribution in [3.05, 3.63) is 59.4 Å². The summed E-state index contributed by atoms with van der Waals surface area (Å²) in [5, 5.41) is 21.3. The average molecular weight is 1710 g/mol. The van der Waals surface area contributed by atoms with Crippen LogP contribution in [-0.2, 0) is 87.9 Å². The van der Waals surface area contributed by atoms with Gasteiger partial charge < -0.3 is 86.6 Å². The normalized spacial score (nSPS) is 18.5. The van der Waals surface area contributed by atoms with Crippen LogP contribution in [0.3, 0.4) is 0 Å². The van der Waals surface area contributed by atoms with E-state index in [1.807, 2.05) is 41.5 Å². The van der Waals surface area contributed by atoms with Crippen molar-refractivity contribution in [1.29, 1.82) is 0 Å². The molecule has 0 aromatic heterocycles. The van der Waals surface area contributed by atoms with Gasteiger partial charge in [-0.05, 0) is 118 Å². The number of urea groups is 1. The quantitative estimate of drug-likeness (QED) is 0.0248. The Morgan fingerprint density at radius 3 is 1.95 bits per heavy atom. The Morgan fingerprint density at radius 2 is 1.37 bits per heavy atom. The van der Waals surface area contributed by atoms with Gasteiger partial charge in [-0.15, -0.1) is 16.8 Å². The molecule has 3 heterocycles. The van der Waals surface area contributed by atoms with Crippen LogP contribution in [0.15, 0.2) is 42.5 Å². The van der Waals surface area contributed by atoms with E-state index in [0.717, 1.165) is 6.07 Å². The third-order valence-corrected chi connectivity index (χ3v) is 23.5. The van der Waals surface area contributed by atoms with Crippen molar-refractivity contribution in [3.8, 4) is 5.75 Å². The van der Waals surface area contributed by atoms with Crippen LogP contribution in [0.2, 0.25) is 0 Å². The summed E-state index contributed by atoms with van der Waals surface area (Å²) in [6.07, 6.45) is -1.79. The molecule has 2 aromatic carbocycles. The Labute approximate surface area is 704 Å². The fourth-order valence-corrected chi connectivity index (χ4v) is 16.4. The maximum atomic E-state index is 15.0. The number of benzene rings is 2. The number of unbranched alkanes of at least 4 members (excludes halogenated alkanes) is 2. The molecule has 3 aliphatic heterocycles. The zero-order chi connectivity index (χ0) is 89.0. The molecule has 0 bridgehead atoms. The minimum Gasteiger partial charge on any atom is -0.494 e. The second kappa shape index (κ2) is 47.2. The first-order chi connectivity index (χ1) is 56.8. The fraction of sp³-hybridized carbons (Fsp3) is 0.659. The number of hydrogen-bond donors (Lipinski definition) is 9. The van der Waals surface area contributed by atoms with Crippen molar-refractivity contribution in [3.63, 3.8) is 0 Å². The number of nitrogens with one attached hydrogen (secondary N) is 8. The number of halogens is 1. The summed E-state index contributed by atoms with van der Waals surface area (Å²) in [5.41, 5.74) is 5.58. The van der Waals surface area contributed by atoms with E-state index in [2.05, 4.69) is 42.5 Å². The van der Waals surface area contributed by atoms with Gasteiger partial charge in [-0.1, -0.05) is 87.3 Å². The highest BCUT2D eigenvalue weighted by Gasteiger charge is 2.50. The van der Waals surface area contributed by atoms with E-state index in [4.69, 9.17) is 34.3 Å². The summed E-state index contributed by atoms with van der Waals surface area (Å²) in [7, 11) is 9.24. The molecule has 666 valence electrons. The number of nitrogens with two attached hydrogens (primary N) is 1. The number of hydrogen-bond acceptors (Lipinski definition) is 24. The van der Waals surface area contributed by atoms with E-state index in [1.54, 1.807) is 52.0 Å². The third kappa shape index (κ3) is 29.1. The molecule has 10 N–H and O–H groups in total. The summed E-state index contributed by atoms with van der Waals surface area (Å²) < 4.78 is 42.9. The van der Waals surface area contributed by atoms with E-state index in [1.165, 1.54) is 79.0 Å². The van der Waals surface area contributed by atoms with Gasteiger partial charge in [0.15, 0.2) is 17.3 Å². The number of nitrogens with zero attached hydrogens (tertiary/aromatic N) is 5. The van der Waals surface area contributed by atoms with E-state index in [0.29, 0.717) is 60.6 Å². The lowest BCUT2D eigenvalue weighted by molar-refractivity contribution is -0.198.